The van der Waals surface area contributed by atoms with Gasteiger partial charge in [-0.15, -0.1) is 0 Å². The molecule has 3 N–H and O–H groups in total. The van der Waals surface area contributed by atoms with E-state index in [1.165, 1.54) is 32.1 Å². The van der Waals surface area contributed by atoms with Gasteiger partial charge in [0.05, 0.1) is 0 Å². The second-order valence-corrected chi connectivity index (χ2v) is 6.50. The average Bonchev–Trinajstić information content (AvgIpc) is 3.28. The summed E-state index contributed by atoms with van der Waals surface area (Å²) in [6.07, 6.45) is 6.19. The third-order valence-corrected chi connectivity index (χ3v) is 4.05. The Morgan fingerprint density at radius 3 is 2.60 bits per heavy atom. The SMILES string of the molecule is CC(C)CCN(c1cc(NN)nc(C2CC2)n1)C1CC1. The molecule has 0 spiro atoms. The predicted molar refractivity (Wildman–Crippen MR) is 81.6 cm³/mol. The molecule has 0 saturated heterocycles. The zero-order valence-corrected chi connectivity index (χ0v) is 12.5. The average molecular weight is 275 g/mol. The molecule has 0 amide bonds. The van der Waals surface area contributed by atoms with Crippen LogP contribution in [0.3, 0.4) is 0 Å². The highest BCUT2D eigenvalue weighted by molar-refractivity contribution is 5.51. The van der Waals surface area contributed by atoms with Gasteiger partial charge in [-0.25, -0.2) is 15.8 Å². The summed E-state index contributed by atoms with van der Waals surface area (Å²) in [6.45, 7) is 5.62. The fourth-order valence-corrected chi connectivity index (χ4v) is 2.47. The summed E-state index contributed by atoms with van der Waals surface area (Å²) in [5.41, 5.74) is 2.69. The highest BCUT2D eigenvalue weighted by Gasteiger charge is 2.32. The number of nitrogens with zero attached hydrogens (tertiary/aromatic N) is 3. The van der Waals surface area contributed by atoms with Crippen molar-refractivity contribution in [3.05, 3.63) is 11.9 Å². The third kappa shape index (κ3) is 3.20. The minimum Gasteiger partial charge on any atom is -0.353 e. The zero-order valence-electron chi connectivity index (χ0n) is 12.5. The van der Waals surface area contributed by atoms with E-state index < -0.39 is 0 Å². The first-order valence-corrected chi connectivity index (χ1v) is 7.79. The highest BCUT2D eigenvalue weighted by atomic mass is 15.3. The summed E-state index contributed by atoms with van der Waals surface area (Å²) in [4.78, 5) is 11.8. The van der Waals surface area contributed by atoms with E-state index in [4.69, 9.17) is 10.8 Å². The largest absolute Gasteiger partial charge is 0.353 e. The number of hydrogen-bond acceptors (Lipinski definition) is 5. The molecule has 0 unspecified atom stereocenters. The number of hydrogen-bond donors (Lipinski definition) is 2. The Labute approximate surface area is 120 Å². The van der Waals surface area contributed by atoms with Gasteiger partial charge in [0.15, 0.2) is 0 Å². The van der Waals surface area contributed by atoms with E-state index in [0.717, 1.165) is 24.0 Å². The molecule has 1 aromatic heterocycles. The van der Waals surface area contributed by atoms with Gasteiger partial charge in [-0.05, 0) is 38.0 Å². The maximum atomic E-state index is 5.56. The molecule has 2 aliphatic carbocycles. The van der Waals surface area contributed by atoms with E-state index in [0.29, 0.717) is 17.9 Å². The van der Waals surface area contributed by atoms with Gasteiger partial charge in [0.1, 0.15) is 17.5 Å². The Hall–Kier alpha value is -1.36. The van der Waals surface area contributed by atoms with E-state index in [-0.39, 0.29) is 0 Å². The molecule has 0 radical (unpaired) electrons. The Morgan fingerprint density at radius 1 is 1.30 bits per heavy atom. The van der Waals surface area contributed by atoms with Crippen LogP contribution in [0.4, 0.5) is 11.6 Å². The number of anilines is 2. The molecule has 0 bridgehead atoms. The van der Waals surface area contributed by atoms with Crippen LogP contribution in [0.15, 0.2) is 6.07 Å². The Kier molecular flexibility index (Phi) is 3.78. The van der Waals surface area contributed by atoms with Crippen molar-refractivity contribution in [1.82, 2.24) is 9.97 Å². The Morgan fingerprint density at radius 2 is 2.05 bits per heavy atom. The van der Waals surface area contributed by atoms with Gasteiger partial charge >= 0.3 is 0 Å². The van der Waals surface area contributed by atoms with E-state index >= 15 is 0 Å². The molecule has 1 aromatic rings. The van der Waals surface area contributed by atoms with Crippen LogP contribution in [0.2, 0.25) is 0 Å². The molecular weight excluding hydrogens is 250 g/mol. The monoisotopic (exact) mass is 275 g/mol. The van der Waals surface area contributed by atoms with Gasteiger partial charge in [-0.3, -0.25) is 0 Å². The Balaban J connectivity index is 1.82. The zero-order chi connectivity index (χ0) is 14.1. The van der Waals surface area contributed by atoms with Gasteiger partial charge in [0, 0.05) is 24.6 Å². The lowest BCUT2D eigenvalue weighted by Crippen LogP contribution is -2.29. The van der Waals surface area contributed by atoms with Crippen LogP contribution in [0.1, 0.15) is 57.7 Å². The molecular formula is C15H25N5. The quantitative estimate of drug-likeness (QED) is 0.591. The number of nitrogens with two attached hydrogens (primary N) is 1. The summed E-state index contributed by atoms with van der Waals surface area (Å²) in [7, 11) is 0. The normalized spacial score (nSPS) is 18.4. The summed E-state index contributed by atoms with van der Waals surface area (Å²) in [5, 5.41) is 0. The van der Waals surface area contributed by atoms with Gasteiger partial charge < -0.3 is 10.3 Å². The predicted octanol–water partition coefficient (Wildman–Crippen LogP) is 2.65. The minimum atomic E-state index is 0.549. The van der Waals surface area contributed by atoms with Crippen molar-refractivity contribution >= 4 is 11.6 Å². The lowest BCUT2D eigenvalue weighted by Gasteiger charge is -2.25. The smallest absolute Gasteiger partial charge is 0.145 e. The van der Waals surface area contributed by atoms with E-state index in [2.05, 4.69) is 29.2 Å². The summed E-state index contributed by atoms with van der Waals surface area (Å²) >= 11 is 0. The number of aromatic nitrogens is 2. The maximum absolute atomic E-state index is 5.56. The summed E-state index contributed by atoms with van der Waals surface area (Å²) in [6, 6.07) is 2.66. The van der Waals surface area contributed by atoms with Crippen molar-refractivity contribution in [1.29, 1.82) is 0 Å². The standard InChI is InChI=1S/C15H25N5/c1-10(2)7-8-20(12-5-6-12)14-9-13(19-16)17-15(18-14)11-3-4-11/h9-12H,3-8,16H2,1-2H3,(H,17,18,19). The van der Waals surface area contributed by atoms with Crippen LogP contribution in [-0.4, -0.2) is 22.6 Å². The van der Waals surface area contributed by atoms with Crippen molar-refractivity contribution < 1.29 is 0 Å². The third-order valence-electron chi connectivity index (χ3n) is 4.05. The molecule has 5 nitrogen and oxygen atoms in total. The molecule has 20 heavy (non-hydrogen) atoms. The minimum absolute atomic E-state index is 0.549. The van der Waals surface area contributed by atoms with Crippen molar-refractivity contribution in [2.24, 2.45) is 11.8 Å². The van der Waals surface area contributed by atoms with Crippen molar-refractivity contribution in [3.8, 4) is 0 Å². The number of nitrogens with one attached hydrogen (secondary N) is 1. The second kappa shape index (κ2) is 5.56. The lowest BCUT2D eigenvalue weighted by atomic mass is 10.1. The summed E-state index contributed by atoms with van der Waals surface area (Å²) in [5.74, 6) is 9.59. The van der Waals surface area contributed by atoms with Crippen LogP contribution in [0, 0.1) is 5.92 Å². The van der Waals surface area contributed by atoms with Gasteiger partial charge in [0.2, 0.25) is 0 Å². The highest BCUT2D eigenvalue weighted by Crippen LogP contribution is 2.40. The van der Waals surface area contributed by atoms with Crippen molar-refractivity contribution in [2.75, 3.05) is 16.9 Å². The van der Waals surface area contributed by atoms with Crippen LogP contribution >= 0.6 is 0 Å². The first-order chi connectivity index (χ1) is 9.67. The van der Waals surface area contributed by atoms with Crippen molar-refractivity contribution in [3.63, 3.8) is 0 Å². The first kappa shape index (κ1) is 13.6. The topological polar surface area (TPSA) is 67.1 Å². The fourth-order valence-electron chi connectivity index (χ4n) is 2.47. The van der Waals surface area contributed by atoms with Crippen LogP contribution in [0.25, 0.3) is 0 Å². The number of hydrazine groups is 1. The molecule has 2 aliphatic rings. The van der Waals surface area contributed by atoms with Gasteiger partial charge in [0.25, 0.3) is 0 Å². The first-order valence-electron chi connectivity index (χ1n) is 7.79. The molecule has 3 rings (SSSR count). The number of rotatable bonds is 7. The van der Waals surface area contributed by atoms with E-state index in [1.807, 2.05) is 6.07 Å². The molecule has 110 valence electrons. The molecule has 0 aromatic carbocycles. The van der Waals surface area contributed by atoms with E-state index in [1.54, 1.807) is 0 Å². The fraction of sp³-hybridized carbons (Fsp3) is 0.733. The van der Waals surface area contributed by atoms with Crippen LogP contribution in [0.5, 0.6) is 0 Å². The van der Waals surface area contributed by atoms with Gasteiger partial charge in [-0.1, -0.05) is 13.8 Å². The lowest BCUT2D eigenvalue weighted by molar-refractivity contribution is 0.568. The molecule has 5 heteroatoms. The van der Waals surface area contributed by atoms with Gasteiger partial charge in [-0.2, -0.15) is 0 Å². The molecule has 2 fully saturated rings. The maximum Gasteiger partial charge on any atom is 0.145 e. The molecule has 2 saturated carbocycles. The molecule has 0 atom stereocenters. The Bertz CT molecular complexity index is 465. The number of nitrogen functional groups attached to an aromatic ring is 1. The second-order valence-electron chi connectivity index (χ2n) is 6.50. The van der Waals surface area contributed by atoms with Crippen LogP contribution in [-0.2, 0) is 0 Å². The van der Waals surface area contributed by atoms with E-state index in [9.17, 15) is 0 Å². The van der Waals surface area contributed by atoms with Crippen LogP contribution < -0.4 is 16.2 Å². The van der Waals surface area contributed by atoms with Crippen molar-refractivity contribution in [2.45, 2.75) is 57.9 Å². The summed E-state index contributed by atoms with van der Waals surface area (Å²) < 4.78 is 0. The molecule has 0 aliphatic heterocycles. The molecule has 1 heterocycles.